The number of anilines is 6. The fraction of sp³-hybridized carbons (Fsp3) is 0.233. The van der Waals surface area contributed by atoms with E-state index in [2.05, 4.69) is 249 Å². The van der Waals surface area contributed by atoms with Crippen molar-refractivity contribution in [1.82, 2.24) is 0 Å². The number of benzene rings is 8. The largest absolute Gasteiger partial charge is 0.310 e. The van der Waals surface area contributed by atoms with E-state index in [0.29, 0.717) is 0 Å². The molecule has 0 amide bonds. The third-order valence-corrected chi connectivity index (χ3v) is 13.9. The third kappa shape index (κ3) is 6.29. The van der Waals surface area contributed by atoms with Crippen molar-refractivity contribution in [1.29, 1.82) is 0 Å². The maximum atomic E-state index is 2.55. The first-order valence-corrected chi connectivity index (χ1v) is 22.4. The van der Waals surface area contributed by atoms with E-state index in [1.165, 1.54) is 77.8 Å². The highest BCUT2D eigenvalue weighted by molar-refractivity contribution is 6.13. The van der Waals surface area contributed by atoms with Crippen molar-refractivity contribution in [3.63, 3.8) is 0 Å². The van der Waals surface area contributed by atoms with Crippen LogP contribution in [0.3, 0.4) is 0 Å². The van der Waals surface area contributed by atoms with Gasteiger partial charge in [-0.2, -0.15) is 0 Å². The zero-order chi connectivity index (χ0) is 43.3. The molecule has 0 spiro atoms. The summed E-state index contributed by atoms with van der Waals surface area (Å²) in [5.74, 6) is 0. The van der Waals surface area contributed by atoms with Crippen LogP contribution >= 0.6 is 0 Å². The molecule has 8 aromatic carbocycles. The molecule has 2 nitrogen and oxygen atoms in total. The van der Waals surface area contributed by atoms with Gasteiger partial charge in [0.1, 0.15) is 0 Å². The lowest BCUT2D eigenvalue weighted by Gasteiger charge is -2.37. The molecule has 0 N–H and O–H groups in total. The van der Waals surface area contributed by atoms with Gasteiger partial charge in [-0.25, -0.2) is 0 Å². The van der Waals surface area contributed by atoms with E-state index < -0.39 is 0 Å². The van der Waals surface area contributed by atoms with Crippen LogP contribution in [0, 0.1) is 0 Å². The second kappa shape index (κ2) is 14.1. The molecule has 0 bridgehead atoms. The highest BCUT2D eigenvalue weighted by Crippen LogP contribution is 2.58. The summed E-state index contributed by atoms with van der Waals surface area (Å²) in [5.41, 5.74) is 20.2. The molecule has 0 fully saturated rings. The van der Waals surface area contributed by atoms with Crippen LogP contribution in [0.4, 0.5) is 34.1 Å². The molecule has 8 aromatic rings. The van der Waals surface area contributed by atoms with Crippen LogP contribution in [0.15, 0.2) is 170 Å². The second-order valence-electron chi connectivity index (χ2n) is 20.7. The molecule has 0 aromatic heterocycles. The van der Waals surface area contributed by atoms with Crippen LogP contribution in [0.1, 0.15) is 103 Å². The molecule has 0 unspecified atom stereocenters. The summed E-state index contributed by atoms with van der Waals surface area (Å²) in [7, 11) is 0. The summed E-state index contributed by atoms with van der Waals surface area (Å²) in [6.45, 7) is 23.4. The molecule has 0 atom stereocenters. The van der Waals surface area contributed by atoms with E-state index in [1.54, 1.807) is 0 Å². The fourth-order valence-corrected chi connectivity index (χ4v) is 10.4. The predicted molar refractivity (Wildman–Crippen MR) is 266 cm³/mol. The standard InChI is InChI=1S/C60H58N2/c1-57(2,3)39-24-28-43(29-25-39)61(41-18-13-11-14-19-41)45-32-34-47-50-38-54-55(49-22-17-23-51(56(49)50)59(7,8)52(47)36-45)48-35-33-46(37-53(48)60(54,9)10)62(42-20-15-12-16-21-42)44-30-26-40(27-31-44)58(4,5)6/h11-38H,1-10H3. The molecule has 2 heteroatoms. The van der Waals surface area contributed by atoms with Crippen LogP contribution in [-0.2, 0) is 21.7 Å². The minimum absolute atomic E-state index is 0.0835. The van der Waals surface area contributed by atoms with Gasteiger partial charge >= 0.3 is 0 Å². The lowest BCUT2D eigenvalue weighted by atomic mass is 9.67. The molecule has 0 heterocycles. The molecule has 2 aliphatic rings. The number of fused-ring (bicyclic) bond motifs is 6. The Morgan fingerprint density at radius 1 is 0.339 bits per heavy atom. The lowest BCUT2D eigenvalue weighted by molar-refractivity contribution is 0.590. The minimum Gasteiger partial charge on any atom is -0.310 e. The molecule has 0 aliphatic heterocycles. The van der Waals surface area contributed by atoms with Crippen molar-refractivity contribution in [2.24, 2.45) is 0 Å². The summed E-state index contributed by atoms with van der Waals surface area (Å²) < 4.78 is 0. The Morgan fingerprint density at radius 2 is 0.758 bits per heavy atom. The first-order valence-electron chi connectivity index (χ1n) is 22.4. The Balaban J connectivity index is 1.12. The number of hydrogen-bond donors (Lipinski definition) is 0. The van der Waals surface area contributed by atoms with E-state index in [9.17, 15) is 0 Å². The van der Waals surface area contributed by atoms with E-state index in [1.807, 2.05) is 0 Å². The van der Waals surface area contributed by atoms with Gasteiger partial charge in [-0.3, -0.25) is 0 Å². The quantitative estimate of drug-likeness (QED) is 0.165. The van der Waals surface area contributed by atoms with Crippen LogP contribution in [0.2, 0.25) is 0 Å². The first-order chi connectivity index (χ1) is 29.5. The molecule has 10 rings (SSSR count). The van der Waals surface area contributed by atoms with Crippen LogP contribution < -0.4 is 9.80 Å². The number of para-hydroxylation sites is 2. The fourth-order valence-electron chi connectivity index (χ4n) is 10.4. The Kier molecular flexibility index (Phi) is 9.02. The van der Waals surface area contributed by atoms with Gasteiger partial charge in [0, 0.05) is 45.0 Å². The highest BCUT2D eigenvalue weighted by Gasteiger charge is 2.41. The van der Waals surface area contributed by atoms with Gasteiger partial charge in [-0.15, -0.1) is 0 Å². The Labute approximate surface area is 369 Å². The Morgan fingerprint density at radius 3 is 1.24 bits per heavy atom. The SMILES string of the molecule is CC(C)(C)c1ccc(N(c2ccccc2)c2ccc3c(c2)C(C)(C)c2cc4c5c(cccc5c2-3)C(C)(C)c2cc(N(c3ccccc3)c3ccc(C(C)(C)C)cc3)ccc2-4)cc1. The van der Waals surface area contributed by atoms with Gasteiger partial charge in [0.05, 0.1) is 0 Å². The number of rotatable bonds is 6. The normalized spacial score (nSPS) is 14.5. The average Bonchev–Trinajstić information content (AvgIpc) is 3.48. The second-order valence-corrected chi connectivity index (χ2v) is 20.7. The van der Waals surface area contributed by atoms with Crippen molar-refractivity contribution in [3.8, 4) is 22.3 Å². The van der Waals surface area contributed by atoms with Crippen molar-refractivity contribution >= 4 is 44.9 Å². The molecule has 0 radical (unpaired) electrons. The van der Waals surface area contributed by atoms with Crippen LogP contribution in [0.25, 0.3) is 33.0 Å². The summed E-state index contributed by atoms with van der Waals surface area (Å²) in [6.07, 6.45) is 0. The summed E-state index contributed by atoms with van der Waals surface area (Å²) >= 11 is 0. The predicted octanol–water partition coefficient (Wildman–Crippen LogP) is 17.0. The van der Waals surface area contributed by atoms with E-state index >= 15 is 0 Å². The Bertz CT molecular complexity index is 2990. The third-order valence-electron chi connectivity index (χ3n) is 13.9. The van der Waals surface area contributed by atoms with Crippen molar-refractivity contribution in [2.75, 3.05) is 9.80 Å². The summed E-state index contributed by atoms with van der Waals surface area (Å²) in [4.78, 5) is 4.83. The van der Waals surface area contributed by atoms with E-state index in [-0.39, 0.29) is 21.7 Å². The number of nitrogens with zero attached hydrogens (tertiary/aromatic N) is 2. The summed E-state index contributed by atoms with van der Waals surface area (Å²) in [6, 6.07) is 63.9. The van der Waals surface area contributed by atoms with Crippen LogP contribution in [0.5, 0.6) is 0 Å². The molecule has 2 aliphatic carbocycles. The molecular formula is C60H58N2. The van der Waals surface area contributed by atoms with Gasteiger partial charge in [0.15, 0.2) is 0 Å². The zero-order valence-electron chi connectivity index (χ0n) is 38.1. The highest BCUT2D eigenvalue weighted by atomic mass is 15.1. The zero-order valence-corrected chi connectivity index (χ0v) is 38.1. The van der Waals surface area contributed by atoms with Gasteiger partial charge in [-0.1, -0.05) is 160 Å². The monoisotopic (exact) mass is 806 g/mol. The lowest BCUT2D eigenvalue weighted by Crippen LogP contribution is -2.25. The smallest absolute Gasteiger partial charge is 0.0465 e. The van der Waals surface area contributed by atoms with Gasteiger partial charge < -0.3 is 9.80 Å². The van der Waals surface area contributed by atoms with Crippen molar-refractivity contribution < 1.29 is 0 Å². The molecule has 0 saturated carbocycles. The number of hydrogen-bond acceptors (Lipinski definition) is 2. The molecular weight excluding hydrogens is 749 g/mol. The van der Waals surface area contributed by atoms with Crippen molar-refractivity contribution in [3.05, 3.63) is 203 Å². The maximum Gasteiger partial charge on any atom is 0.0465 e. The van der Waals surface area contributed by atoms with Crippen molar-refractivity contribution in [2.45, 2.75) is 90.9 Å². The molecule has 0 saturated heterocycles. The summed E-state index contributed by atoms with van der Waals surface area (Å²) in [5, 5.41) is 2.73. The van der Waals surface area contributed by atoms with E-state index in [0.717, 1.165) is 22.7 Å². The van der Waals surface area contributed by atoms with Gasteiger partial charge in [0.25, 0.3) is 0 Å². The molecule has 62 heavy (non-hydrogen) atoms. The van der Waals surface area contributed by atoms with Gasteiger partial charge in [0.2, 0.25) is 0 Å². The first kappa shape index (κ1) is 39.7. The topological polar surface area (TPSA) is 6.48 Å². The minimum atomic E-state index is -0.232. The van der Waals surface area contributed by atoms with Gasteiger partial charge in [-0.05, 0) is 156 Å². The van der Waals surface area contributed by atoms with Crippen LogP contribution in [-0.4, -0.2) is 0 Å². The Hall–Kier alpha value is -6.38. The molecule has 308 valence electrons. The maximum absolute atomic E-state index is 2.55. The van der Waals surface area contributed by atoms with E-state index in [4.69, 9.17) is 0 Å². The average molecular weight is 807 g/mol.